The molecule has 2 aromatic heterocycles. The normalized spacial score (nSPS) is 16.8. The SMILES string of the molecule is CCc1ccc2c(c1-c1ccc(C(F)(F)F)cc1)C=C(c1ccc(C)o1)[CH]2[Zr]([Cl])([Cl])([CH]1C(c2ccc(C)o2)=Cc2c1ccc(CC)c2-c1ccc(C(F)(F)F)cc1)=[Si](C)C. The van der Waals surface area contributed by atoms with Crippen molar-refractivity contribution in [2.75, 3.05) is 0 Å². The molecule has 0 saturated carbocycles. The van der Waals surface area contributed by atoms with Crippen LogP contribution in [-0.2, 0) is 40.2 Å². The molecule has 2 aliphatic rings. The van der Waals surface area contributed by atoms with Crippen LogP contribution in [0, 0.1) is 13.8 Å². The molecule has 0 saturated heterocycles. The second-order valence-electron chi connectivity index (χ2n) is 16.1. The van der Waals surface area contributed by atoms with Gasteiger partial charge in [0.05, 0.1) is 0 Å². The Morgan fingerprint density at radius 2 is 0.917 bits per heavy atom. The van der Waals surface area contributed by atoms with Gasteiger partial charge in [0.1, 0.15) is 0 Å². The number of hydrogen-bond acceptors (Lipinski definition) is 2. The predicted molar refractivity (Wildman–Crippen MR) is 230 cm³/mol. The summed E-state index contributed by atoms with van der Waals surface area (Å²) in [6.45, 7) is 12.1. The number of hydrogen-bond donors (Lipinski definition) is 0. The van der Waals surface area contributed by atoms with Gasteiger partial charge in [-0.15, -0.1) is 0 Å². The number of aryl methyl sites for hydroxylation is 4. The van der Waals surface area contributed by atoms with Gasteiger partial charge in [-0.1, -0.05) is 0 Å². The second-order valence-corrected chi connectivity index (χ2v) is 54.9. The van der Waals surface area contributed by atoms with Gasteiger partial charge in [-0.05, 0) is 0 Å². The molecule has 2 atom stereocenters. The number of halogens is 8. The zero-order valence-electron chi connectivity index (χ0n) is 33.8. The maximum atomic E-state index is 13.8. The van der Waals surface area contributed by atoms with E-state index in [0.29, 0.717) is 47.0 Å². The van der Waals surface area contributed by atoms with Crippen LogP contribution in [0.3, 0.4) is 0 Å². The zero-order chi connectivity index (χ0) is 43.1. The number of fused-ring (bicyclic) bond motifs is 2. The van der Waals surface area contributed by atoms with E-state index in [-0.39, 0.29) is 0 Å². The molecule has 0 bridgehead atoms. The van der Waals surface area contributed by atoms with E-state index in [9.17, 15) is 26.3 Å². The Balaban J connectivity index is 1.43. The van der Waals surface area contributed by atoms with E-state index in [1.165, 1.54) is 24.3 Å². The molecule has 2 heterocycles. The van der Waals surface area contributed by atoms with Crippen LogP contribution < -0.4 is 0 Å². The first-order chi connectivity index (χ1) is 28.3. The predicted octanol–water partition coefficient (Wildman–Crippen LogP) is 16.1. The van der Waals surface area contributed by atoms with Gasteiger partial charge in [0.25, 0.3) is 0 Å². The molecule has 8 rings (SSSR count). The molecule has 60 heavy (non-hydrogen) atoms. The van der Waals surface area contributed by atoms with E-state index in [1.54, 1.807) is 0 Å². The van der Waals surface area contributed by atoms with E-state index in [4.69, 9.17) is 25.9 Å². The first kappa shape index (κ1) is 42.9. The first-order valence-corrected chi connectivity index (χ1v) is 35.2. The number of alkyl halides is 6. The average molecular weight is 955 g/mol. The van der Waals surface area contributed by atoms with E-state index in [0.717, 1.165) is 79.9 Å². The van der Waals surface area contributed by atoms with Crippen molar-refractivity contribution in [3.63, 3.8) is 0 Å². The third kappa shape index (κ3) is 6.98. The standard InChI is InChI=1S/2C23H18F3O.C2H6Si.2ClH.Zr/c2*1-3-15-5-6-17-12-18(21-11-4-14(2)27-21)13-20(17)22(15)16-7-9-19(10-8-16)23(24,25)26;1-3-2;;;/h2*4-13H,3H2,1-2H3;1-2H3;2*1H;/q;;;;;+2/p-2. The Labute approximate surface area is 353 Å². The second kappa shape index (κ2) is 15.2. The van der Waals surface area contributed by atoms with Crippen molar-refractivity contribution in [3.8, 4) is 22.3 Å². The van der Waals surface area contributed by atoms with Crippen molar-refractivity contribution in [3.05, 3.63) is 165 Å². The monoisotopic (exact) mass is 952 g/mol. The van der Waals surface area contributed by atoms with Gasteiger partial charge in [-0.25, -0.2) is 0 Å². The van der Waals surface area contributed by atoms with Gasteiger partial charge < -0.3 is 0 Å². The van der Waals surface area contributed by atoms with Gasteiger partial charge >= 0.3 is 356 Å². The molecule has 12 heteroatoms. The molecule has 2 aliphatic carbocycles. The van der Waals surface area contributed by atoms with Crippen LogP contribution in [0.1, 0.15) is 88.6 Å². The Hall–Kier alpha value is -3.82. The van der Waals surface area contributed by atoms with Crippen LogP contribution in [0.5, 0.6) is 0 Å². The Morgan fingerprint density at radius 3 is 1.20 bits per heavy atom. The molecule has 2 unspecified atom stereocenters. The topological polar surface area (TPSA) is 26.3 Å². The molecule has 0 aliphatic heterocycles. The summed E-state index contributed by atoms with van der Waals surface area (Å²) in [4.78, 5) is 0. The minimum absolute atomic E-state index is 0.533. The molecule has 2 nitrogen and oxygen atoms in total. The van der Waals surface area contributed by atoms with Crippen LogP contribution in [0.15, 0.2) is 106 Å². The van der Waals surface area contributed by atoms with Crippen LogP contribution in [0.2, 0.25) is 13.1 Å². The van der Waals surface area contributed by atoms with Crippen LogP contribution >= 0.6 is 17.0 Å². The van der Waals surface area contributed by atoms with Crippen LogP contribution in [0.4, 0.5) is 26.3 Å². The molecule has 310 valence electrons. The molecule has 4 aromatic carbocycles. The summed E-state index contributed by atoms with van der Waals surface area (Å²) in [5, 5.41) is 0. The Kier molecular flexibility index (Phi) is 10.9. The first-order valence-electron chi connectivity index (χ1n) is 19.9. The minimum atomic E-state index is -5.72. The fourth-order valence-electron chi connectivity index (χ4n) is 9.40. The molecule has 0 spiro atoms. The van der Waals surface area contributed by atoms with Gasteiger partial charge in [-0.3, -0.25) is 0 Å². The van der Waals surface area contributed by atoms with Crippen LogP contribution in [-0.4, -0.2) is 5.43 Å². The fraction of sp³-hybridized carbons (Fsp3) is 0.250. The van der Waals surface area contributed by atoms with Crippen molar-refractivity contribution in [2.24, 2.45) is 0 Å². The summed E-state index contributed by atoms with van der Waals surface area (Å²) >= 11 is -5.72. The quantitative estimate of drug-likeness (QED) is 0.112. The summed E-state index contributed by atoms with van der Waals surface area (Å²) in [6, 6.07) is 26.4. The number of rotatable bonds is 8. The molecular formula is C48H42Cl2F6O2SiZr. The van der Waals surface area contributed by atoms with Crippen molar-refractivity contribution < 1.29 is 50.2 Å². The van der Waals surface area contributed by atoms with Gasteiger partial charge in [0.2, 0.25) is 0 Å². The maximum absolute atomic E-state index is 13.8. The third-order valence-corrected chi connectivity index (χ3v) is 58.7. The van der Waals surface area contributed by atoms with Crippen molar-refractivity contribution >= 4 is 45.8 Å². The molecule has 0 amide bonds. The van der Waals surface area contributed by atoms with E-state index < -0.39 is 51.2 Å². The van der Waals surface area contributed by atoms with Gasteiger partial charge in [0.15, 0.2) is 0 Å². The Bertz CT molecular complexity index is 2630. The van der Waals surface area contributed by atoms with Crippen molar-refractivity contribution in [2.45, 2.75) is 73.2 Å². The average Bonchev–Trinajstić information content (AvgIpc) is 4.01. The van der Waals surface area contributed by atoms with Crippen LogP contribution in [0.25, 0.3) is 45.6 Å². The molecule has 0 radical (unpaired) electrons. The summed E-state index contributed by atoms with van der Waals surface area (Å²) in [5.41, 5.74) is 6.82. The molecule has 0 fully saturated rings. The van der Waals surface area contributed by atoms with Gasteiger partial charge in [0, 0.05) is 0 Å². The van der Waals surface area contributed by atoms with Gasteiger partial charge in [-0.2, -0.15) is 0 Å². The molecule has 0 N–H and O–H groups in total. The third-order valence-electron chi connectivity index (χ3n) is 12.4. The Morgan fingerprint density at radius 1 is 0.550 bits per heavy atom. The number of benzene rings is 4. The molecule has 6 aromatic rings. The van der Waals surface area contributed by atoms with Crippen molar-refractivity contribution in [1.82, 2.24) is 0 Å². The summed E-state index contributed by atoms with van der Waals surface area (Å²) < 4.78 is 94.4. The van der Waals surface area contributed by atoms with E-state index >= 15 is 0 Å². The van der Waals surface area contributed by atoms with Crippen molar-refractivity contribution in [1.29, 1.82) is 0 Å². The molecular weight excluding hydrogens is 913 g/mol. The summed E-state index contributed by atoms with van der Waals surface area (Å²) in [7, 11) is 17.6. The number of allylic oxidation sites excluding steroid dienone is 2. The number of furan rings is 2. The fourth-order valence-corrected chi connectivity index (χ4v) is 37.1. The summed E-state index contributed by atoms with van der Waals surface area (Å²) in [6.07, 6.45) is -3.57. The summed E-state index contributed by atoms with van der Waals surface area (Å²) in [5.74, 6) is 2.61. The zero-order valence-corrected chi connectivity index (χ0v) is 38.8. The van der Waals surface area contributed by atoms with E-state index in [2.05, 4.69) is 37.4 Å². The van der Waals surface area contributed by atoms with E-state index in [1.807, 2.05) is 64.1 Å².